The third kappa shape index (κ3) is 3.13. The Bertz CT molecular complexity index is 577. The fourth-order valence-corrected chi connectivity index (χ4v) is 3.00. The Morgan fingerprint density at radius 3 is 2.50 bits per heavy atom. The Morgan fingerprint density at radius 1 is 1.25 bits per heavy atom. The van der Waals surface area contributed by atoms with Crippen molar-refractivity contribution in [1.29, 1.82) is 0 Å². The van der Waals surface area contributed by atoms with E-state index in [0.717, 1.165) is 11.1 Å². The van der Waals surface area contributed by atoms with Gasteiger partial charge in [0, 0.05) is 12.3 Å². The van der Waals surface area contributed by atoms with E-state index in [2.05, 4.69) is 0 Å². The van der Waals surface area contributed by atoms with Gasteiger partial charge in [0.05, 0.1) is 0 Å². The van der Waals surface area contributed by atoms with Crippen molar-refractivity contribution in [2.45, 2.75) is 27.2 Å². The number of benzene rings is 1. The minimum atomic E-state index is -0.311. The highest BCUT2D eigenvalue weighted by molar-refractivity contribution is 6.01. The highest BCUT2D eigenvalue weighted by atomic mass is 16.1. The van der Waals surface area contributed by atoms with Gasteiger partial charge < -0.3 is 0 Å². The molecule has 0 aliphatic heterocycles. The van der Waals surface area contributed by atoms with Gasteiger partial charge in [-0.3, -0.25) is 9.59 Å². The molecule has 1 aliphatic carbocycles. The second-order valence-corrected chi connectivity index (χ2v) is 6.10. The molecule has 1 aromatic carbocycles. The molecule has 0 bridgehead atoms. The van der Waals surface area contributed by atoms with E-state index >= 15 is 0 Å². The summed E-state index contributed by atoms with van der Waals surface area (Å²) in [6.07, 6.45) is 5.51. The van der Waals surface area contributed by atoms with Crippen LogP contribution in [0.1, 0.15) is 32.8 Å². The molecule has 1 atom stereocenters. The minimum Gasteiger partial charge on any atom is -0.295 e. The van der Waals surface area contributed by atoms with Crippen LogP contribution in [0.4, 0.5) is 0 Å². The first-order chi connectivity index (χ1) is 9.40. The average molecular weight is 268 g/mol. The molecule has 0 spiro atoms. The van der Waals surface area contributed by atoms with Crippen molar-refractivity contribution in [3.8, 4) is 0 Å². The molecule has 20 heavy (non-hydrogen) atoms. The Labute approximate surface area is 120 Å². The minimum absolute atomic E-state index is 0.0695. The van der Waals surface area contributed by atoms with Crippen molar-refractivity contribution in [2.75, 3.05) is 0 Å². The number of hydrogen-bond acceptors (Lipinski definition) is 2. The van der Waals surface area contributed by atoms with Crippen LogP contribution >= 0.6 is 0 Å². The van der Waals surface area contributed by atoms with Crippen LogP contribution in [-0.4, -0.2) is 11.6 Å². The van der Waals surface area contributed by atoms with Gasteiger partial charge in [0.1, 0.15) is 0 Å². The van der Waals surface area contributed by atoms with E-state index in [0.29, 0.717) is 6.42 Å². The number of allylic oxidation sites excluding steroid dienone is 3. The van der Waals surface area contributed by atoms with Crippen LogP contribution in [0.25, 0.3) is 6.08 Å². The smallest absolute Gasteiger partial charge is 0.163 e. The van der Waals surface area contributed by atoms with Gasteiger partial charge in [-0.25, -0.2) is 0 Å². The zero-order chi connectivity index (χ0) is 14.8. The highest BCUT2D eigenvalue weighted by Crippen LogP contribution is 2.40. The molecule has 2 heteroatoms. The Morgan fingerprint density at radius 2 is 1.90 bits per heavy atom. The van der Waals surface area contributed by atoms with Crippen LogP contribution < -0.4 is 0 Å². The Balaban J connectivity index is 2.22. The van der Waals surface area contributed by atoms with Gasteiger partial charge in [0.25, 0.3) is 0 Å². The van der Waals surface area contributed by atoms with E-state index in [1.165, 1.54) is 0 Å². The lowest BCUT2D eigenvalue weighted by Gasteiger charge is -2.35. The molecule has 1 aliphatic rings. The molecule has 1 aromatic rings. The summed E-state index contributed by atoms with van der Waals surface area (Å²) in [6.45, 7) is 5.85. The van der Waals surface area contributed by atoms with Crippen LogP contribution in [0.2, 0.25) is 0 Å². The summed E-state index contributed by atoms with van der Waals surface area (Å²) in [7, 11) is 0. The quantitative estimate of drug-likeness (QED) is 0.781. The molecule has 0 amide bonds. The molecule has 104 valence electrons. The Hall–Kier alpha value is -1.96. The second kappa shape index (κ2) is 5.58. The van der Waals surface area contributed by atoms with E-state index in [1.54, 1.807) is 12.2 Å². The fourth-order valence-electron chi connectivity index (χ4n) is 3.00. The van der Waals surface area contributed by atoms with E-state index in [-0.39, 0.29) is 22.9 Å². The number of ketones is 2. The van der Waals surface area contributed by atoms with E-state index < -0.39 is 0 Å². The first-order valence-corrected chi connectivity index (χ1v) is 6.88. The molecule has 0 heterocycles. The first kappa shape index (κ1) is 14.4. The number of carbonyl (C=O) groups is 2. The lowest BCUT2D eigenvalue weighted by Crippen LogP contribution is -2.36. The zero-order valence-corrected chi connectivity index (χ0v) is 12.2. The van der Waals surface area contributed by atoms with Crippen molar-refractivity contribution in [3.05, 3.63) is 53.6 Å². The maximum absolute atomic E-state index is 12.5. The van der Waals surface area contributed by atoms with Crippen molar-refractivity contribution in [3.63, 3.8) is 0 Å². The predicted octanol–water partition coefficient (Wildman–Crippen LogP) is 3.83. The third-order valence-corrected chi connectivity index (χ3v) is 3.78. The molecule has 0 fully saturated rings. The van der Waals surface area contributed by atoms with Crippen LogP contribution in [-0.2, 0) is 9.59 Å². The molecular formula is C18H20O2. The SMILES string of the molecule is CC1=CC(=O)CC(C)(C)[C@@H]1C(=O)/C=C/c1ccccc1. The molecule has 0 saturated heterocycles. The number of rotatable bonds is 3. The van der Waals surface area contributed by atoms with Gasteiger partial charge in [-0.15, -0.1) is 0 Å². The molecular weight excluding hydrogens is 248 g/mol. The van der Waals surface area contributed by atoms with Gasteiger partial charge in [-0.1, -0.05) is 55.8 Å². The summed E-state index contributed by atoms with van der Waals surface area (Å²) in [5.74, 6) is -0.0242. The topological polar surface area (TPSA) is 34.1 Å². The standard InChI is InChI=1S/C18H20O2/c1-13-11-15(19)12-18(2,3)17(13)16(20)10-9-14-7-5-4-6-8-14/h4-11,17H,12H2,1-3H3/b10-9+/t17-/m0/s1. The molecule has 0 saturated carbocycles. The van der Waals surface area contributed by atoms with E-state index in [4.69, 9.17) is 0 Å². The zero-order valence-electron chi connectivity index (χ0n) is 12.2. The number of carbonyl (C=O) groups excluding carboxylic acids is 2. The van der Waals surface area contributed by atoms with Crippen molar-refractivity contribution >= 4 is 17.6 Å². The van der Waals surface area contributed by atoms with E-state index in [9.17, 15) is 9.59 Å². The molecule has 2 rings (SSSR count). The fraction of sp³-hybridized carbons (Fsp3) is 0.333. The summed E-state index contributed by atoms with van der Waals surface area (Å²) in [5, 5.41) is 0. The first-order valence-electron chi connectivity index (χ1n) is 6.88. The predicted molar refractivity (Wildman–Crippen MR) is 81.1 cm³/mol. The monoisotopic (exact) mass is 268 g/mol. The van der Waals surface area contributed by atoms with Gasteiger partial charge in [0.15, 0.2) is 11.6 Å². The lowest BCUT2D eigenvalue weighted by atomic mass is 9.66. The van der Waals surface area contributed by atoms with Crippen LogP contribution in [0.5, 0.6) is 0 Å². The summed E-state index contributed by atoms with van der Waals surface area (Å²) < 4.78 is 0. The summed E-state index contributed by atoms with van der Waals surface area (Å²) in [4.78, 5) is 24.1. The maximum atomic E-state index is 12.5. The van der Waals surface area contributed by atoms with Crippen molar-refractivity contribution < 1.29 is 9.59 Å². The van der Waals surface area contributed by atoms with Crippen molar-refractivity contribution in [1.82, 2.24) is 0 Å². The Kier molecular flexibility index (Phi) is 4.03. The summed E-state index contributed by atoms with van der Waals surface area (Å²) >= 11 is 0. The largest absolute Gasteiger partial charge is 0.295 e. The third-order valence-electron chi connectivity index (χ3n) is 3.78. The summed E-state index contributed by atoms with van der Waals surface area (Å²) in [5.41, 5.74) is 1.56. The van der Waals surface area contributed by atoms with Crippen LogP contribution in [0.3, 0.4) is 0 Å². The van der Waals surface area contributed by atoms with Crippen molar-refractivity contribution in [2.24, 2.45) is 11.3 Å². The lowest BCUT2D eigenvalue weighted by molar-refractivity contribution is -0.123. The molecule has 2 nitrogen and oxygen atoms in total. The molecule has 0 aromatic heterocycles. The van der Waals surface area contributed by atoms with Crippen LogP contribution in [0, 0.1) is 11.3 Å². The normalized spacial score (nSPS) is 21.9. The molecule has 0 N–H and O–H groups in total. The maximum Gasteiger partial charge on any atom is 0.163 e. The van der Waals surface area contributed by atoms with Gasteiger partial charge in [-0.05, 0) is 30.1 Å². The average Bonchev–Trinajstić information content (AvgIpc) is 2.35. The second-order valence-electron chi connectivity index (χ2n) is 6.10. The number of hydrogen-bond donors (Lipinski definition) is 0. The summed E-state index contributed by atoms with van der Waals surface area (Å²) in [6, 6.07) is 9.75. The van der Waals surface area contributed by atoms with Gasteiger partial charge in [-0.2, -0.15) is 0 Å². The molecule has 0 radical (unpaired) electrons. The highest BCUT2D eigenvalue weighted by Gasteiger charge is 2.39. The van der Waals surface area contributed by atoms with E-state index in [1.807, 2.05) is 57.2 Å². The molecule has 0 unspecified atom stereocenters. The van der Waals surface area contributed by atoms with Gasteiger partial charge >= 0.3 is 0 Å². The van der Waals surface area contributed by atoms with Crippen LogP contribution in [0.15, 0.2) is 48.1 Å². The van der Waals surface area contributed by atoms with Gasteiger partial charge in [0.2, 0.25) is 0 Å².